The molecule has 1 aliphatic heterocycles. The smallest absolute Gasteiger partial charge is 0.453 e. The Morgan fingerprint density at radius 1 is 0.706 bits per heavy atom. The second-order valence-corrected chi connectivity index (χ2v) is 11.9. The van der Waals surface area contributed by atoms with Crippen molar-refractivity contribution in [3.8, 4) is 11.5 Å². The summed E-state index contributed by atoms with van der Waals surface area (Å²) in [5, 5.41) is 14.4. The molecule has 13 heteroatoms. The van der Waals surface area contributed by atoms with Gasteiger partial charge in [-0.25, -0.2) is 19.2 Å². The molecule has 0 bridgehead atoms. The van der Waals surface area contributed by atoms with Gasteiger partial charge in [-0.3, -0.25) is 0 Å². The van der Waals surface area contributed by atoms with E-state index in [-0.39, 0.29) is 37.3 Å². The summed E-state index contributed by atoms with van der Waals surface area (Å²) in [6.45, 7) is 0.749. The number of nitrogens with one attached hydrogen (secondary N) is 1. The van der Waals surface area contributed by atoms with Crippen LogP contribution in [0.3, 0.4) is 0 Å². The number of fused-ring (bicyclic) bond motifs is 1. The zero-order valence-corrected chi connectivity index (χ0v) is 28.4. The van der Waals surface area contributed by atoms with Crippen molar-refractivity contribution in [2.75, 3.05) is 33.0 Å². The van der Waals surface area contributed by atoms with Gasteiger partial charge in [0.15, 0.2) is 11.5 Å². The number of ether oxygens (including phenoxy) is 6. The predicted molar refractivity (Wildman–Crippen MR) is 183 cm³/mol. The number of benzene rings is 4. The third-order valence-electron chi connectivity index (χ3n) is 7.61. The van der Waals surface area contributed by atoms with Gasteiger partial charge in [0.25, 0.3) is 0 Å². The van der Waals surface area contributed by atoms with Crippen LogP contribution in [0.2, 0.25) is 5.02 Å². The molecule has 2 atom stereocenters. The first-order chi connectivity index (χ1) is 24.6. The summed E-state index contributed by atoms with van der Waals surface area (Å²) in [5.41, 5.74) is 2.08. The molecule has 0 aromatic heterocycles. The Hall–Kier alpha value is -5.43. The Morgan fingerprint density at radius 3 is 1.82 bits per heavy atom. The van der Waals surface area contributed by atoms with Crippen molar-refractivity contribution in [1.82, 2.24) is 5.32 Å². The third-order valence-corrected chi connectivity index (χ3v) is 7.84. The van der Waals surface area contributed by atoms with E-state index in [1.807, 2.05) is 6.92 Å². The molecular formula is C38H36ClNO11. The van der Waals surface area contributed by atoms with Crippen LogP contribution in [-0.2, 0) is 35.0 Å². The van der Waals surface area contributed by atoms with Gasteiger partial charge in [-0.05, 0) is 73.0 Å². The van der Waals surface area contributed by atoms with E-state index in [2.05, 4.69) is 5.32 Å². The molecule has 0 radical (unpaired) electrons. The van der Waals surface area contributed by atoms with Crippen molar-refractivity contribution in [3.63, 3.8) is 0 Å². The zero-order chi connectivity index (χ0) is 36.2. The lowest BCUT2D eigenvalue weighted by atomic mass is 10.1. The van der Waals surface area contributed by atoms with Crippen LogP contribution in [0.5, 0.6) is 11.5 Å². The fourth-order valence-corrected chi connectivity index (χ4v) is 5.24. The maximum Gasteiger partial charge on any atom is 0.453 e. The molecule has 0 aliphatic carbocycles. The molecule has 4 aromatic rings. The number of carbonyl (C=O) groups is 4. The minimum absolute atomic E-state index is 0.0793. The number of rotatable bonds is 16. The van der Waals surface area contributed by atoms with Gasteiger partial charge < -0.3 is 38.8 Å². The van der Waals surface area contributed by atoms with Crippen molar-refractivity contribution in [3.05, 3.63) is 130 Å². The number of carbonyl (C=O) groups excluding carboxylic acids is 4. The van der Waals surface area contributed by atoms with Crippen LogP contribution in [0.15, 0.2) is 103 Å². The normalized spacial score (nSPS) is 13.8. The minimum atomic E-state index is -2.68. The summed E-state index contributed by atoms with van der Waals surface area (Å²) in [4.78, 5) is 51.4. The zero-order valence-electron chi connectivity index (χ0n) is 27.6. The number of esters is 4. The number of aliphatic hydroxyl groups is 1. The molecule has 0 amide bonds. The summed E-state index contributed by atoms with van der Waals surface area (Å²) in [6, 6.07) is 28.3. The number of halogens is 1. The van der Waals surface area contributed by atoms with Crippen LogP contribution in [0.4, 0.5) is 0 Å². The third kappa shape index (κ3) is 9.85. The molecule has 4 aromatic carbocycles. The van der Waals surface area contributed by atoms with Crippen molar-refractivity contribution in [2.24, 2.45) is 0 Å². The van der Waals surface area contributed by atoms with E-state index < -0.39 is 49.0 Å². The Bertz CT molecular complexity index is 1750. The number of hydrogen-bond donors (Lipinski definition) is 2. The fraction of sp³-hybridized carbons (Fsp3) is 0.263. The molecular weight excluding hydrogens is 682 g/mol. The number of hydrogen-bond acceptors (Lipinski definition) is 12. The predicted octanol–water partition coefficient (Wildman–Crippen LogP) is 4.86. The van der Waals surface area contributed by atoms with Crippen LogP contribution < -0.4 is 14.8 Å². The van der Waals surface area contributed by atoms with E-state index in [0.29, 0.717) is 28.1 Å². The van der Waals surface area contributed by atoms with Crippen LogP contribution in [-0.4, -0.2) is 73.8 Å². The maximum absolute atomic E-state index is 13.4. The van der Waals surface area contributed by atoms with E-state index in [4.69, 9.17) is 40.0 Å². The first-order valence-electron chi connectivity index (χ1n) is 16.1. The summed E-state index contributed by atoms with van der Waals surface area (Å²) < 4.78 is 32.5. The Labute approximate surface area is 299 Å². The lowest BCUT2D eigenvalue weighted by Crippen LogP contribution is -2.56. The summed E-state index contributed by atoms with van der Waals surface area (Å²) in [7, 11) is 0. The average molecular weight is 718 g/mol. The van der Waals surface area contributed by atoms with Crippen LogP contribution in [0, 0.1) is 0 Å². The van der Waals surface area contributed by atoms with E-state index in [9.17, 15) is 24.3 Å². The van der Waals surface area contributed by atoms with E-state index in [0.717, 1.165) is 5.56 Å². The second kappa shape index (κ2) is 17.5. The van der Waals surface area contributed by atoms with Gasteiger partial charge in [0.1, 0.15) is 26.4 Å². The Morgan fingerprint density at radius 2 is 1.25 bits per heavy atom. The van der Waals surface area contributed by atoms with Gasteiger partial charge in [0.2, 0.25) is 0 Å². The topological polar surface area (TPSA) is 156 Å². The molecule has 266 valence electrons. The minimum Gasteiger partial charge on any atom is -0.458 e. The van der Waals surface area contributed by atoms with Gasteiger partial charge in [-0.1, -0.05) is 66.2 Å². The quantitative estimate of drug-likeness (QED) is 0.0704. The highest BCUT2D eigenvalue weighted by Gasteiger charge is 2.60. The lowest BCUT2D eigenvalue weighted by Gasteiger charge is -2.23. The van der Waals surface area contributed by atoms with Gasteiger partial charge in [-0.2, -0.15) is 0 Å². The summed E-state index contributed by atoms with van der Waals surface area (Å²) >= 11 is 6.05. The first kappa shape index (κ1) is 36.8. The van der Waals surface area contributed by atoms with Gasteiger partial charge >= 0.3 is 29.7 Å². The fourth-order valence-electron chi connectivity index (χ4n) is 5.04. The second-order valence-electron chi connectivity index (χ2n) is 11.5. The largest absolute Gasteiger partial charge is 0.458 e. The van der Waals surface area contributed by atoms with Crippen LogP contribution in [0.25, 0.3) is 0 Å². The first-order valence-corrected chi connectivity index (χ1v) is 16.5. The molecule has 0 saturated carbocycles. The van der Waals surface area contributed by atoms with Crippen LogP contribution in [0.1, 0.15) is 44.9 Å². The van der Waals surface area contributed by atoms with E-state index >= 15 is 0 Å². The highest BCUT2D eigenvalue weighted by atomic mass is 35.5. The molecule has 12 nitrogen and oxygen atoms in total. The lowest BCUT2D eigenvalue weighted by molar-refractivity contribution is -0.203. The maximum atomic E-state index is 13.4. The summed E-state index contributed by atoms with van der Waals surface area (Å²) in [5.74, 6) is -6.25. The van der Waals surface area contributed by atoms with Crippen molar-refractivity contribution >= 4 is 35.5 Å². The Balaban J connectivity index is 1.20. The Kier molecular flexibility index (Phi) is 12.6. The molecule has 0 saturated heterocycles. The molecule has 2 unspecified atom stereocenters. The van der Waals surface area contributed by atoms with Crippen LogP contribution >= 0.6 is 11.6 Å². The summed E-state index contributed by atoms with van der Waals surface area (Å²) in [6.07, 6.45) is -0.287. The number of aliphatic hydroxyl groups excluding tert-OH is 1. The highest BCUT2D eigenvalue weighted by Crippen LogP contribution is 2.41. The average Bonchev–Trinajstić information content (AvgIpc) is 3.55. The molecule has 1 heterocycles. The highest BCUT2D eigenvalue weighted by molar-refractivity contribution is 6.30. The molecule has 2 N–H and O–H groups in total. The van der Waals surface area contributed by atoms with Crippen molar-refractivity contribution in [2.45, 2.75) is 31.3 Å². The van der Waals surface area contributed by atoms with Gasteiger partial charge in [0, 0.05) is 17.6 Å². The molecule has 1 aliphatic rings. The molecule has 51 heavy (non-hydrogen) atoms. The van der Waals surface area contributed by atoms with Gasteiger partial charge in [0.05, 0.1) is 17.2 Å². The molecule has 5 rings (SSSR count). The SMILES string of the molecule is CC(Cc1ccc2c(c1)OC(C(=O)OCCOC(=O)c1ccccc1)(C(=O)OCCOC(=O)c1ccccc1)O2)NCC(O)c1cccc(Cl)c1. The standard InChI is InChI=1S/C38H36ClNO11/c1-25(40-24-31(41)29-13-8-14-30(39)23-29)21-26-15-16-32-33(22-26)51-38(50-32,36(44)48-19-17-46-34(42)27-9-4-2-5-10-27)37(45)49-20-18-47-35(43)28-11-6-3-7-12-28/h2-16,22-23,25,31,40-41H,17-21,24H2,1H3. The molecule has 0 fully saturated rings. The van der Waals surface area contributed by atoms with Gasteiger partial charge in [-0.15, -0.1) is 0 Å². The van der Waals surface area contributed by atoms with Crippen molar-refractivity contribution < 1.29 is 52.7 Å². The van der Waals surface area contributed by atoms with E-state index in [1.165, 1.54) is 0 Å². The monoisotopic (exact) mass is 717 g/mol. The van der Waals surface area contributed by atoms with E-state index in [1.54, 1.807) is 103 Å². The van der Waals surface area contributed by atoms with Crippen molar-refractivity contribution in [1.29, 1.82) is 0 Å². The molecule has 0 spiro atoms.